The fraction of sp³-hybridized carbons (Fsp3) is 0.400. The van der Waals surface area contributed by atoms with Crippen LogP contribution in [0.15, 0.2) is 48.5 Å². The van der Waals surface area contributed by atoms with Crippen LogP contribution in [-0.4, -0.2) is 41.7 Å². The van der Waals surface area contributed by atoms with Gasteiger partial charge in [-0.1, -0.05) is 44.0 Å². The lowest BCUT2D eigenvalue weighted by atomic mass is 9.89. The number of aromatic nitrogens is 2. The van der Waals surface area contributed by atoms with E-state index in [-0.39, 0.29) is 12.5 Å². The van der Waals surface area contributed by atoms with E-state index in [1.165, 1.54) is 0 Å². The smallest absolute Gasteiger partial charge is 0.321 e. The van der Waals surface area contributed by atoms with Gasteiger partial charge in [-0.15, -0.1) is 0 Å². The van der Waals surface area contributed by atoms with Crippen LogP contribution in [0.5, 0.6) is 5.75 Å². The van der Waals surface area contributed by atoms with E-state index in [4.69, 9.17) is 14.5 Å². The molecule has 0 saturated heterocycles. The van der Waals surface area contributed by atoms with E-state index in [0.717, 1.165) is 35.9 Å². The van der Waals surface area contributed by atoms with E-state index in [1.54, 1.807) is 18.9 Å². The van der Waals surface area contributed by atoms with Gasteiger partial charge in [0.25, 0.3) is 0 Å². The van der Waals surface area contributed by atoms with Crippen LogP contribution >= 0.6 is 0 Å². The summed E-state index contributed by atoms with van der Waals surface area (Å²) in [7, 11) is 1.61. The average Bonchev–Trinajstić information content (AvgIpc) is 3.19. The zero-order chi connectivity index (χ0) is 22.7. The van der Waals surface area contributed by atoms with Crippen molar-refractivity contribution in [1.82, 2.24) is 9.55 Å². The molecular weight excluding hydrogens is 406 g/mol. The minimum atomic E-state index is -0.991. The lowest BCUT2D eigenvalue weighted by Gasteiger charge is -2.38. The molecule has 0 aliphatic carbocycles. The normalized spacial score (nSPS) is 18.0. The van der Waals surface area contributed by atoms with Gasteiger partial charge in [0.2, 0.25) is 11.9 Å². The number of hydrogen-bond acceptors (Lipinski definition) is 5. The Balaban J connectivity index is 1.92. The van der Waals surface area contributed by atoms with E-state index in [0.29, 0.717) is 18.2 Å². The van der Waals surface area contributed by atoms with Gasteiger partial charge in [-0.05, 0) is 43.2 Å². The molecule has 0 unspecified atom stereocenters. The van der Waals surface area contributed by atoms with Crippen molar-refractivity contribution in [2.24, 2.45) is 5.92 Å². The Morgan fingerprint density at radius 2 is 1.81 bits per heavy atom. The molecule has 2 atom stereocenters. The second kappa shape index (κ2) is 9.42. The maximum Gasteiger partial charge on any atom is 0.321 e. The summed E-state index contributed by atoms with van der Waals surface area (Å²) in [5.74, 6) is -0.477. The largest absolute Gasteiger partial charge is 0.497 e. The second-order valence-corrected chi connectivity index (χ2v) is 7.92. The minimum absolute atomic E-state index is 0.214. The second-order valence-electron chi connectivity index (χ2n) is 7.92. The van der Waals surface area contributed by atoms with Crippen LogP contribution in [0.25, 0.3) is 11.0 Å². The summed E-state index contributed by atoms with van der Waals surface area (Å²) in [5, 5.41) is 0. The molecule has 2 heterocycles. The van der Waals surface area contributed by atoms with Crippen LogP contribution < -0.4 is 9.64 Å². The van der Waals surface area contributed by atoms with E-state index in [9.17, 15) is 9.59 Å². The summed E-state index contributed by atoms with van der Waals surface area (Å²) in [6, 6.07) is 14.7. The number of hydrogen-bond donors (Lipinski definition) is 0. The summed E-state index contributed by atoms with van der Waals surface area (Å²) in [5.41, 5.74) is 2.50. The van der Waals surface area contributed by atoms with Crippen molar-refractivity contribution in [2.75, 3.05) is 25.2 Å². The van der Waals surface area contributed by atoms with Gasteiger partial charge in [0.15, 0.2) is 5.92 Å². The van der Waals surface area contributed by atoms with Crippen molar-refractivity contribution in [1.29, 1.82) is 0 Å². The highest BCUT2D eigenvalue weighted by molar-refractivity contribution is 6.08. The third-order valence-corrected chi connectivity index (χ3v) is 5.93. The maximum absolute atomic E-state index is 13.7. The summed E-state index contributed by atoms with van der Waals surface area (Å²) in [6.45, 7) is 4.60. The van der Waals surface area contributed by atoms with Gasteiger partial charge in [0, 0.05) is 6.54 Å². The fourth-order valence-corrected chi connectivity index (χ4v) is 4.38. The molecule has 0 bridgehead atoms. The van der Waals surface area contributed by atoms with E-state index in [1.807, 2.05) is 53.1 Å². The lowest BCUT2D eigenvalue weighted by molar-refractivity contribution is -0.153. The first-order valence-corrected chi connectivity index (χ1v) is 11.2. The van der Waals surface area contributed by atoms with Crippen molar-refractivity contribution in [3.63, 3.8) is 0 Å². The number of carbonyl (C=O) groups excluding carboxylic acids is 2. The molecule has 168 valence electrons. The Morgan fingerprint density at radius 3 is 2.50 bits per heavy atom. The molecule has 1 aliphatic rings. The highest BCUT2D eigenvalue weighted by Crippen LogP contribution is 2.41. The van der Waals surface area contributed by atoms with Gasteiger partial charge < -0.3 is 14.0 Å². The molecule has 1 aliphatic heterocycles. The number of amides is 1. The maximum atomic E-state index is 13.7. The molecule has 32 heavy (non-hydrogen) atoms. The molecule has 7 heteroatoms. The third-order valence-electron chi connectivity index (χ3n) is 5.93. The Hall–Kier alpha value is -3.35. The molecule has 1 aromatic heterocycles. The van der Waals surface area contributed by atoms with Crippen LogP contribution in [0.3, 0.4) is 0 Å². The summed E-state index contributed by atoms with van der Waals surface area (Å²) < 4.78 is 12.7. The van der Waals surface area contributed by atoms with E-state index < -0.39 is 17.9 Å². The number of imidazole rings is 1. The molecule has 0 N–H and O–H groups in total. The summed E-state index contributed by atoms with van der Waals surface area (Å²) in [6.07, 6.45) is 2.87. The molecular formula is C25H29N3O4. The zero-order valence-corrected chi connectivity index (χ0v) is 18.8. The van der Waals surface area contributed by atoms with Crippen molar-refractivity contribution in [2.45, 2.75) is 39.2 Å². The van der Waals surface area contributed by atoms with Crippen LogP contribution in [-0.2, 0) is 14.3 Å². The average molecular weight is 436 g/mol. The molecule has 0 spiro atoms. The highest BCUT2D eigenvalue weighted by Gasteiger charge is 2.47. The first kappa shape index (κ1) is 21.9. The Labute approximate surface area is 187 Å². The number of rotatable bonds is 8. The van der Waals surface area contributed by atoms with Gasteiger partial charge in [0.05, 0.1) is 30.8 Å². The van der Waals surface area contributed by atoms with E-state index >= 15 is 0 Å². The van der Waals surface area contributed by atoms with Crippen LogP contribution in [0.2, 0.25) is 0 Å². The van der Waals surface area contributed by atoms with Gasteiger partial charge in [0.1, 0.15) is 5.75 Å². The molecule has 3 aromatic rings. The standard InChI is InChI=1S/C25H29N3O4/c1-4-6-9-16-27-23(29)21(24(30)32-5-2)22(17-12-14-18(31-3)15-13-17)28-20-11-8-7-10-19(20)26-25(27)28/h7-8,10-15,21-22H,4-6,9,16H2,1-3H3/t21-,22-/m0/s1. The number of para-hydroxylation sites is 2. The van der Waals surface area contributed by atoms with Gasteiger partial charge in [-0.2, -0.15) is 0 Å². The minimum Gasteiger partial charge on any atom is -0.497 e. The highest BCUT2D eigenvalue weighted by atomic mass is 16.5. The number of unbranched alkanes of at least 4 members (excludes halogenated alkanes) is 2. The summed E-state index contributed by atoms with van der Waals surface area (Å²) in [4.78, 5) is 33.3. The van der Waals surface area contributed by atoms with Crippen molar-refractivity contribution in [3.05, 3.63) is 54.1 Å². The number of methoxy groups -OCH3 is 1. The monoisotopic (exact) mass is 435 g/mol. The van der Waals surface area contributed by atoms with E-state index in [2.05, 4.69) is 6.92 Å². The Kier molecular flexibility index (Phi) is 6.44. The Morgan fingerprint density at radius 1 is 1.06 bits per heavy atom. The predicted octanol–water partition coefficient (Wildman–Crippen LogP) is 4.35. The number of benzene rings is 2. The third kappa shape index (κ3) is 3.83. The predicted molar refractivity (Wildman–Crippen MR) is 123 cm³/mol. The first-order valence-electron chi connectivity index (χ1n) is 11.2. The SMILES string of the molecule is CCCCCN1C(=O)[C@@H](C(=O)OCC)[C@H](c2ccc(OC)cc2)n2c1nc1ccccc12. The van der Waals surface area contributed by atoms with Crippen LogP contribution in [0.1, 0.15) is 44.7 Å². The topological polar surface area (TPSA) is 73.7 Å². The lowest BCUT2D eigenvalue weighted by Crippen LogP contribution is -2.50. The first-order chi connectivity index (χ1) is 15.6. The number of ether oxygens (including phenoxy) is 2. The van der Waals surface area contributed by atoms with Crippen molar-refractivity contribution in [3.8, 4) is 5.75 Å². The van der Waals surface area contributed by atoms with Gasteiger partial charge >= 0.3 is 5.97 Å². The van der Waals surface area contributed by atoms with Gasteiger partial charge in [-0.25, -0.2) is 4.98 Å². The number of carbonyl (C=O) groups is 2. The fourth-order valence-electron chi connectivity index (χ4n) is 4.38. The molecule has 0 fully saturated rings. The van der Waals surface area contributed by atoms with Crippen molar-refractivity contribution >= 4 is 28.9 Å². The molecule has 2 aromatic carbocycles. The number of esters is 1. The molecule has 7 nitrogen and oxygen atoms in total. The molecule has 0 radical (unpaired) electrons. The van der Waals surface area contributed by atoms with Crippen molar-refractivity contribution < 1.29 is 19.1 Å². The number of fused-ring (bicyclic) bond motifs is 3. The zero-order valence-electron chi connectivity index (χ0n) is 18.8. The van der Waals surface area contributed by atoms with Gasteiger partial charge in [-0.3, -0.25) is 14.5 Å². The van der Waals surface area contributed by atoms with Crippen LogP contribution in [0, 0.1) is 5.92 Å². The van der Waals surface area contributed by atoms with Crippen LogP contribution in [0.4, 0.5) is 5.95 Å². The summed E-state index contributed by atoms with van der Waals surface area (Å²) >= 11 is 0. The number of anilines is 1. The molecule has 1 amide bonds. The Bertz CT molecular complexity index is 1110. The quantitative estimate of drug-likeness (QED) is 0.299. The molecule has 0 saturated carbocycles. The number of nitrogens with zero attached hydrogens (tertiary/aromatic N) is 3. The molecule has 4 rings (SSSR count).